The van der Waals surface area contributed by atoms with Gasteiger partial charge < -0.3 is 10.2 Å². The first-order valence-corrected chi connectivity index (χ1v) is 11.8. The number of rotatable bonds is 8. The number of benzene rings is 2. The summed E-state index contributed by atoms with van der Waals surface area (Å²) in [7, 11) is -2.04. The topological polar surface area (TPSA) is 86.8 Å². The minimum absolute atomic E-state index is 0.0192. The number of anilines is 1. The number of carbonyl (C=O) groups excluding carboxylic acids is 2. The lowest BCUT2D eigenvalue weighted by atomic mass is 10.1. The second kappa shape index (κ2) is 9.62. The molecule has 0 bridgehead atoms. The highest BCUT2D eigenvalue weighted by molar-refractivity contribution is 7.89. The van der Waals surface area contributed by atoms with Crippen LogP contribution in [0.5, 0.6) is 0 Å². The molecule has 0 spiro atoms. The number of carbonyl (C=O) groups is 2. The van der Waals surface area contributed by atoms with Crippen molar-refractivity contribution in [1.29, 1.82) is 0 Å². The molecular weight excluding hydrogens is 414 g/mol. The van der Waals surface area contributed by atoms with Crippen molar-refractivity contribution in [3.8, 4) is 0 Å². The van der Waals surface area contributed by atoms with Crippen molar-refractivity contribution in [3.63, 3.8) is 0 Å². The molecule has 31 heavy (non-hydrogen) atoms. The second-order valence-electron chi connectivity index (χ2n) is 8.11. The summed E-state index contributed by atoms with van der Waals surface area (Å²) in [6, 6.07) is 15.9. The zero-order chi connectivity index (χ0) is 22.6. The number of hydrogen-bond acceptors (Lipinski definition) is 4. The lowest BCUT2D eigenvalue weighted by Gasteiger charge is -2.21. The predicted molar refractivity (Wildman–Crippen MR) is 120 cm³/mol. The number of nitrogens with one attached hydrogen (secondary N) is 1. The zero-order valence-corrected chi connectivity index (χ0v) is 18.9. The fourth-order valence-corrected chi connectivity index (χ4v) is 4.84. The van der Waals surface area contributed by atoms with E-state index in [4.69, 9.17) is 0 Å². The summed E-state index contributed by atoms with van der Waals surface area (Å²) < 4.78 is 26.4. The Morgan fingerprint density at radius 2 is 1.77 bits per heavy atom. The summed E-state index contributed by atoms with van der Waals surface area (Å²) in [4.78, 5) is 26.9. The molecule has 1 atom stereocenters. The maximum absolute atomic E-state index is 12.6. The molecule has 1 aliphatic heterocycles. The predicted octanol–water partition coefficient (Wildman–Crippen LogP) is 2.75. The molecule has 1 N–H and O–H groups in total. The molecular formula is C23H29N3O4S. The number of amides is 2. The molecule has 2 aromatic carbocycles. The van der Waals surface area contributed by atoms with E-state index in [1.807, 2.05) is 30.3 Å². The van der Waals surface area contributed by atoms with Crippen LogP contribution in [-0.2, 0) is 26.0 Å². The van der Waals surface area contributed by atoms with E-state index in [0.717, 1.165) is 12.0 Å². The molecule has 0 saturated carbocycles. The highest BCUT2D eigenvalue weighted by Crippen LogP contribution is 2.22. The van der Waals surface area contributed by atoms with Gasteiger partial charge in [-0.2, -0.15) is 4.31 Å². The lowest BCUT2D eigenvalue weighted by Crippen LogP contribution is -2.33. The van der Waals surface area contributed by atoms with Gasteiger partial charge in [-0.05, 0) is 50.1 Å². The fraction of sp³-hybridized carbons (Fsp3) is 0.391. The Kier molecular flexibility index (Phi) is 7.12. The van der Waals surface area contributed by atoms with Crippen molar-refractivity contribution in [3.05, 3.63) is 60.2 Å². The molecule has 0 radical (unpaired) electrons. The number of likely N-dealkylation sites (tertiary alicyclic amines) is 1. The number of hydrogen-bond donors (Lipinski definition) is 1. The maximum atomic E-state index is 12.6. The average Bonchev–Trinajstić information content (AvgIpc) is 3.13. The fourth-order valence-electron chi connectivity index (χ4n) is 3.47. The van der Waals surface area contributed by atoms with E-state index in [9.17, 15) is 18.0 Å². The van der Waals surface area contributed by atoms with Gasteiger partial charge in [0.1, 0.15) is 0 Å². The van der Waals surface area contributed by atoms with Crippen molar-refractivity contribution in [2.24, 2.45) is 5.92 Å². The SMILES string of the molecule is CC(C)N(C)S(=O)(=O)c1ccc(NC(=O)C2CC(=O)N(CCc3ccccc3)C2)cc1. The van der Waals surface area contributed by atoms with Gasteiger partial charge in [0, 0.05) is 38.3 Å². The molecule has 8 heteroatoms. The molecule has 1 aliphatic rings. The Morgan fingerprint density at radius 3 is 2.39 bits per heavy atom. The molecule has 3 rings (SSSR count). The summed E-state index contributed by atoms with van der Waals surface area (Å²) in [6.07, 6.45) is 0.938. The van der Waals surface area contributed by atoms with E-state index < -0.39 is 15.9 Å². The van der Waals surface area contributed by atoms with Crippen LogP contribution in [0.25, 0.3) is 0 Å². The Hall–Kier alpha value is -2.71. The van der Waals surface area contributed by atoms with Crippen molar-refractivity contribution in [2.45, 2.75) is 37.6 Å². The number of sulfonamides is 1. The minimum atomic E-state index is -3.57. The van der Waals surface area contributed by atoms with Gasteiger partial charge in [0.05, 0.1) is 10.8 Å². The van der Waals surface area contributed by atoms with Crippen molar-refractivity contribution >= 4 is 27.5 Å². The third-order valence-corrected chi connectivity index (χ3v) is 7.67. The van der Waals surface area contributed by atoms with E-state index in [0.29, 0.717) is 18.8 Å². The first-order chi connectivity index (χ1) is 14.7. The zero-order valence-electron chi connectivity index (χ0n) is 18.1. The van der Waals surface area contributed by atoms with Crippen LogP contribution < -0.4 is 5.32 Å². The monoisotopic (exact) mass is 443 g/mol. The van der Waals surface area contributed by atoms with Crippen LogP contribution in [0.3, 0.4) is 0 Å². The van der Waals surface area contributed by atoms with E-state index in [1.165, 1.54) is 23.5 Å². The van der Waals surface area contributed by atoms with Crippen LogP contribution in [0.2, 0.25) is 0 Å². The summed E-state index contributed by atoms with van der Waals surface area (Å²) in [5.74, 6) is -0.668. The molecule has 1 fully saturated rings. The van der Waals surface area contributed by atoms with Gasteiger partial charge in [-0.1, -0.05) is 30.3 Å². The quantitative estimate of drug-likeness (QED) is 0.680. The van der Waals surface area contributed by atoms with Gasteiger partial charge in [0.2, 0.25) is 21.8 Å². The summed E-state index contributed by atoms with van der Waals surface area (Å²) in [5, 5.41) is 2.80. The normalized spacial score (nSPS) is 16.9. The standard InChI is InChI=1S/C23H29N3O4S/c1-17(2)25(3)31(29,30)21-11-9-20(10-12-21)24-23(28)19-15-22(27)26(16-19)14-13-18-7-5-4-6-8-18/h4-12,17,19H,13-16H2,1-3H3,(H,24,28). The van der Waals surface area contributed by atoms with Gasteiger partial charge in [-0.15, -0.1) is 0 Å². The van der Waals surface area contributed by atoms with Gasteiger partial charge in [-0.3, -0.25) is 9.59 Å². The third-order valence-electron chi connectivity index (χ3n) is 5.62. The van der Waals surface area contributed by atoms with Gasteiger partial charge >= 0.3 is 0 Å². The van der Waals surface area contributed by atoms with Crippen molar-refractivity contribution in [1.82, 2.24) is 9.21 Å². The van der Waals surface area contributed by atoms with Crippen molar-refractivity contribution in [2.75, 3.05) is 25.5 Å². The second-order valence-corrected chi connectivity index (χ2v) is 10.1. The Morgan fingerprint density at radius 1 is 1.13 bits per heavy atom. The Balaban J connectivity index is 1.57. The van der Waals surface area contributed by atoms with E-state index in [1.54, 1.807) is 30.9 Å². The van der Waals surface area contributed by atoms with Gasteiger partial charge in [0.15, 0.2) is 0 Å². The van der Waals surface area contributed by atoms with Crippen molar-refractivity contribution < 1.29 is 18.0 Å². The average molecular weight is 444 g/mol. The van der Waals surface area contributed by atoms with Crippen LogP contribution in [0.15, 0.2) is 59.5 Å². The maximum Gasteiger partial charge on any atom is 0.243 e. The molecule has 0 aliphatic carbocycles. The molecule has 2 amide bonds. The van der Waals surface area contributed by atoms with E-state index in [-0.39, 0.29) is 29.2 Å². The highest BCUT2D eigenvalue weighted by atomic mass is 32.2. The summed E-state index contributed by atoms with van der Waals surface area (Å²) in [6.45, 7) is 4.59. The van der Waals surface area contributed by atoms with Crippen LogP contribution in [0.1, 0.15) is 25.8 Å². The van der Waals surface area contributed by atoms with Gasteiger partial charge in [0.25, 0.3) is 0 Å². The Bertz CT molecular complexity index is 1020. The third kappa shape index (κ3) is 5.51. The van der Waals surface area contributed by atoms with E-state index >= 15 is 0 Å². The molecule has 1 saturated heterocycles. The molecule has 7 nitrogen and oxygen atoms in total. The number of nitrogens with zero attached hydrogens (tertiary/aromatic N) is 2. The van der Waals surface area contributed by atoms with Gasteiger partial charge in [-0.25, -0.2) is 8.42 Å². The van der Waals surface area contributed by atoms with Crippen LogP contribution in [0, 0.1) is 5.92 Å². The van der Waals surface area contributed by atoms with Crippen LogP contribution >= 0.6 is 0 Å². The smallest absolute Gasteiger partial charge is 0.243 e. The molecule has 0 aromatic heterocycles. The molecule has 1 heterocycles. The van der Waals surface area contributed by atoms with Crippen LogP contribution in [0.4, 0.5) is 5.69 Å². The largest absolute Gasteiger partial charge is 0.342 e. The lowest BCUT2D eigenvalue weighted by molar-refractivity contribution is -0.128. The van der Waals surface area contributed by atoms with E-state index in [2.05, 4.69) is 5.32 Å². The summed E-state index contributed by atoms with van der Waals surface area (Å²) in [5.41, 5.74) is 1.66. The summed E-state index contributed by atoms with van der Waals surface area (Å²) >= 11 is 0. The minimum Gasteiger partial charge on any atom is -0.342 e. The first kappa shape index (κ1) is 23.0. The Labute approximate surface area is 184 Å². The molecule has 1 unspecified atom stereocenters. The highest BCUT2D eigenvalue weighted by Gasteiger charge is 2.34. The first-order valence-electron chi connectivity index (χ1n) is 10.4. The molecule has 166 valence electrons. The van der Waals surface area contributed by atoms with Crippen LogP contribution in [-0.4, -0.2) is 55.6 Å². The molecule has 2 aromatic rings.